The number of carbonyl (C=O) groups excluding carboxylic acids is 1. The lowest BCUT2D eigenvalue weighted by Gasteiger charge is -2.26. The van der Waals surface area contributed by atoms with Crippen LogP contribution in [-0.2, 0) is 14.8 Å². The van der Waals surface area contributed by atoms with Crippen LogP contribution in [0.1, 0.15) is 24.2 Å². The second kappa shape index (κ2) is 7.61. The number of benzene rings is 1. The lowest BCUT2D eigenvalue weighted by molar-refractivity contribution is 0.0730. The number of morpholine rings is 1. The monoisotopic (exact) mass is 360 g/mol. The fraction of sp³-hybridized carbons (Fsp3) is 0.533. The molecule has 1 saturated heterocycles. The van der Waals surface area contributed by atoms with E-state index in [1.54, 1.807) is 4.90 Å². The Balaban J connectivity index is 2.38. The van der Waals surface area contributed by atoms with Crippen LogP contribution in [0.5, 0.6) is 0 Å². The van der Waals surface area contributed by atoms with Gasteiger partial charge in [-0.25, -0.2) is 8.42 Å². The van der Waals surface area contributed by atoms with Crippen molar-refractivity contribution in [3.63, 3.8) is 0 Å². The van der Waals surface area contributed by atoms with Crippen molar-refractivity contribution in [1.82, 2.24) is 9.21 Å². The summed E-state index contributed by atoms with van der Waals surface area (Å²) in [5.41, 5.74) is 0.213. The molecule has 0 saturated carbocycles. The summed E-state index contributed by atoms with van der Waals surface area (Å²) in [5, 5.41) is 0.253. The van der Waals surface area contributed by atoms with Crippen molar-refractivity contribution < 1.29 is 17.9 Å². The minimum atomic E-state index is -3.65. The van der Waals surface area contributed by atoms with Crippen molar-refractivity contribution in [3.8, 4) is 0 Å². The molecule has 1 aromatic carbocycles. The molecule has 0 aromatic heterocycles. The van der Waals surface area contributed by atoms with Gasteiger partial charge in [-0.3, -0.25) is 4.79 Å². The molecule has 1 aliphatic rings. The maximum atomic E-state index is 12.7. The largest absolute Gasteiger partial charge is 0.379 e. The fourth-order valence-corrected chi connectivity index (χ4v) is 4.08. The van der Waals surface area contributed by atoms with E-state index in [2.05, 4.69) is 0 Å². The number of hydrogen-bond acceptors (Lipinski definition) is 4. The molecular formula is C15H21ClN2O4S. The molecule has 0 N–H and O–H groups in total. The van der Waals surface area contributed by atoms with E-state index in [0.29, 0.717) is 39.4 Å². The molecule has 1 aliphatic heterocycles. The molecule has 6 nitrogen and oxygen atoms in total. The van der Waals surface area contributed by atoms with Gasteiger partial charge in [0.05, 0.1) is 28.7 Å². The first kappa shape index (κ1) is 18.2. The van der Waals surface area contributed by atoms with Crippen LogP contribution < -0.4 is 0 Å². The Bertz CT molecular complexity index is 668. The Labute approximate surface area is 142 Å². The average Bonchev–Trinajstić information content (AvgIpc) is 2.57. The average molecular weight is 361 g/mol. The second-order valence-corrected chi connectivity index (χ2v) is 7.48. The minimum absolute atomic E-state index is 0.0827. The maximum Gasteiger partial charge on any atom is 0.255 e. The summed E-state index contributed by atoms with van der Waals surface area (Å²) < 4.78 is 31.9. The zero-order valence-corrected chi connectivity index (χ0v) is 14.9. The Kier molecular flexibility index (Phi) is 6.02. The molecule has 1 fully saturated rings. The molecular weight excluding hydrogens is 340 g/mol. The lowest BCUT2D eigenvalue weighted by atomic mass is 10.2. The summed E-state index contributed by atoms with van der Waals surface area (Å²) in [7, 11) is -3.65. The molecule has 0 aliphatic carbocycles. The fourth-order valence-electron chi connectivity index (χ4n) is 2.45. The van der Waals surface area contributed by atoms with Crippen molar-refractivity contribution in [1.29, 1.82) is 0 Å². The van der Waals surface area contributed by atoms with Gasteiger partial charge in [-0.15, -0.1) is 0 Å². The van der Waals surface area contributed by atoms with E-state index in [1.807, 2.05) is 13.8 Å². The highest BCUT2D eigenvalue weighted by Crippen LogP contribution is 2.24. The van der Waals surface area contributed by atoms with E-state index in [4.69, 9.17) is 16.3 Å². The molecule has 23 heavy (non-hydrogen) atoms. The molecule has 128 valence electrons. The van der Waals surface area contributed by atoms with Gasteiger partial charge in [-0.1, -0.05) is 11.6 Å². The number of rotatable bonds is 5. The van der Waals surface area contributed by atoms with Crippen LogP contribution in [0.4, 0.5) is 0 Å². The first-order valence-corrected chi connectivity index (χ1v) is 9.40. The van der Waals surface area contributed by atoms with E-state index < -0.39 is 10.0 Å². The van der Waals surface area contributed by atoms with E-state index in [0.717, 1.165) is 0 Å². The number of halogens is 1. The number of carbonyl (C=O) groups is 1. The van der Waals surface area contributed by atoms with Crippen molar-refractivity contribution in [2.45, 2.75) is 18.7 Å². The Hall–Kier alpha value is -1.15. The van der Waals surface area contributed by atoms with Crippen LogP contribution in [-0.4, -0.2) is 62.9 Å². The summed E-state index contributed by atoms with van der Waals surface area (Å²) in [6, 6.07) is 4.27. The quantitative estimate of drug-likeness (QED) is 0.803. The molecule has 0 spiro atoms. The second-order valence-electron chi connectivity index (χ2n) is 5.14. The zero-order valence-electron chi connectivity index (χ0n) is 13.3. The van der Waals surface area contributed by atoms with Gasteiger partial charge < -0.3 is 9.64 Å². The van der Waals surface area contributed by atoms with Gasteiger partial charge in [0.1, 0.15) is 0 Å². The Morgan fingerprint density at radius 2 is 1.87 bits per heavy atom. The summed E-state index contributed by atoms with van der Waals surface area (Å²) in [6.45, 7) is 6.16. The number of hydrogen-bond donors (Lipinski definition) is 0. The highest BCUT2D eigenvalue weighted by atomic mass is 35.5. The highest BCUT2D eigenvalue weighted by molar-refractivity contribution is 7.89. The number of amides is 1. The Morgan fingerprint density at radius 1 is 1.26 bits per heavy atom. The predicted octanol–water partition coefficient (Wildman–Crippen LogP) is 1.84. The van der Waals surface area contributed by atoms with E-state index in [1.165, 1.54) is 22.5 Å². The molecule has 0 atom stereocenters. The van der Waals surface area contributed by atoms with Crippen molar-refractivity contribution in [2.75, 3.05) is 39.4 Å². The summed E-state index contributed by atoms with van der Waals surface area (Å²) in [5.74, 6) is -0.265. The van der Waals surface area contributed by atoms with Crippen LogP contribution in [0, 0.1) is 0 Å². The molecule has 2 rings (SSSR count). The van der Waals surface area contributed by atoms with Crippen molar-refractivity contribution >= 4 is 27.5 Å². The smallest absolute Gasteiger partial charge is 0.255 e. The molecule has 1 amide bonds. The number of nitrogens with zero attached hydrogens (tertiary/aromatic N) is 2. The van der Waals surface area contributed by atoms with Gasteiger partial charge in [0.15, 0.2) is 0 Å². The van der Waals surface area contributed by atoms with Gasteiger partial charge >= 0.3 is 0 Å². The lowest BCUT2D eigenvalue weighted by Crippen LogP contribution is -2.40. The van der Waals surface area contributed by atoms with Gasteiger partial charge in [0.25, 0.3) is 5.91 Å². The highest BCUT2D eigenvalue weighted by Gasteiger charge is 2.28. The number of ether oxygens (including phenoxy) is 1. The SMILES string of the molecule is CCN(CC)C(=O)c1cc(S(=O)(=O)N2CCOCC2)ccc1Cl. The van der Waals surface area contributed by atoms with E-state index in [-0.39, 0.29) is 21.4 Å². The van der Waals surface area contributed by atoms with Crippen LogP contribution in [0.2, 0.25) is 5.02 Å². The minimum Gasteiger partial charge on any atom is -0.379 e. The van der Waals surface area contributed by atoms with Gasteiger partial charge in [-0.2, -0.15) is 4.31 Å². The normalized spacial score (nSPS) is 16.3. The third-order valence-electron chi connectivity index (χ3n) is 3.83. The topological polar surface area (TPSA) is 66.9 Å². The van der Waals surface area contributed by atoms with Crippen LogP contribution in [0.25, 0.3) is 0 Å². The van der Waals surface area contributed by atoms with Gasteiger partial charge in [-0.05, 0) is 32.0 Å². The van der Waals surface area contributed by atoms with Gasteiger partial charge in [0, 0.05) is 26.2 Å². The first-order chi connectivity index (χ1) is 10.9. The Morgan fingerprint density at radius 3 is 2.43 bits per heavy atom. The summed E-state index contributed by atoms with van der Waals surface area (Å²) >= 11 is 6.11. The van der Waals surface area contributed by atoms with Crippen molar-refractivity contribution in [2.24, 2.45) is 0 Å². The zero-order chi connectivity index (χ0) is 17.0. The molecule has 8 heteroatoms. The van der Waals surface area contributed by atoms with E-state index >= 15 is 0 Å². The third-order valence-corrected chi connectivity index (χ3v) is 6.05. The summed E-state index contributed by atoms with van der Waals surface area (Å²) in [4.78, 5) is 14.2. The molecule has 0 unspecified atom stereocenters. The first-order valence-electron chi connectivity index (χ1n) is 7.58. The summed E-state index contributed by atoms with van der Waals surface area (Å²) in [6.07, 6.45) is 0. The van der Waals surface area contributed by atoms with Crippen LogP contribution >= 0.6 is 11.6 Å². The third kappa shape index (κ3) is 3.85. The number of sulfonamides is 1. The predicted molar refractivity (Wildman–Crippen MR) is 88.3 cm³/mol. The standard InChI is InChI=1S/C15H21ClN2O4S/c1-3-17(4-2)15(19)13-11-12(5-6-14(13)16)23(20,21)18-7-9-22-10-8-18/h5-6,11H,3-4,7-10H2,1-2H3. The molecule has 0 bridgehead atoms. The van der Waals surface area contributed by atoms with E-state index in [9.17, 15) is 13.2 Å². The van der Waals surface area contributed by atoms with Crippen LogP contribution in [0.15, 0.2) is 23.1 Å². The maximum absolute atomic E-state index is 12.7. The van der Waals surface area contributed by atoms with Gasteiger partial charge in [0.2, 0.25) is 10.0 Å². The molecule has 0 radical (unpaired) electrons. The van der Waals surface area contributed by atoms with Crippen molar-refractivity contribution in [3.05, 3.63) is 28.8 Å². The molecule has 1 aromatic rings. The molecule has 1 heterocycles. The van der Waals surface area contributed by atoms with Crippen LogP contribution in [0.3, 0.4) is 0 Å².